The van der Waals surface area contributed by atoms with Crippen molar-refractivity contribution in [2.24, 2.45) is 0 Å². The van der Waals surface area contributed by atoms with E-state index >= 15 is 0 Å². The number of aromatic nitrogens is 5. The molecular weight excluding hydrogens is 1500 g/mol. The fourth-order valence-electron chi connectivity index (χ4n) is 13.7. The van der Waals surface area contributed by atoms with Gasteiger partial charge in [-0.25, -0.2) is 34.5 Å². The first-order valence-electron chi connectivity index (χ1n) is 36.3. The van der Waals surface area contributed by atoms with Gasteiger partial charge in [0.2, 0.25) is 5.91 Å². The molecule has 0 spiro atoms. The van der Waals surface area contributed by atoms with Crippen LogP contribution < -0.4 is 15.1 Å². The summed E-state index contributed by atoms with van der Waals surface area (Å²) < 4.78 is 23.1. The Morgan fingerprint density at radius 2 is 0.779 bits per heavy atom. The summed E-state index contributed by atoms with van der Waals surface area (Å²) in [5.74, 6) is -2.45. The minimum atomic E-state index is -1.21. The van der Waals surface area contributed by atoms with E-state index < -0.39 is 40.4 Å². The van der Waals surface area contributed by atoms with Gasteiger partial charge < -0.3 is 43.1 Å². The average molecular weight is 1590 g/mol. The van der Waals surface area contributed by atoms with Gasteiger partial charge in [-0.1, -0.05) is 141 Å². The number of carbonyl (C=O) groups is 8. The predicted octanol–water partition coefficient (Wildman–Crippen LogP) is 17.4. The number of aromatic carboxylic acids is 1. The Kier molecular flexibility index (Phi) is 22.9. The lowest BCUT2D eigenvalue weighted by Crippen LogP contribution is -2.64. The van der Waals surface area contributed by atoms with Crippen LogP contribution in [-0.4, -0.2) is 155 Å². The van der Waals surface area contributed by atoms with Gasteiger partial charge in [-0.3, -0.25) is 38.6 Å². The van der Waals surface area contributed by atoms with Gasteiger partial charge in [-0.05, 0) is 137 Å². The zero-order valence-corrected chi connectivity index (χ0v) is 67.3. The van der Waals surface area contributed by atoms with Crippen molar-refractivity contribution in [1.82, 2.24) is 44.9 Å². The van der Waals surface area contributed by atoms with Crippen molar-refractivity contribution in [3.05, 3.63) is 206 Å². The van der Waals surface area contributed by atoms with Gasteiger partial charge in [0.15, 0.2) is 34.0 Å². The van der Waals surface area contributed by atoms with Crippen LogP contribution in [0, 0.1) is 0 Å². The maximum absolute atomic E-state index is 13.8. The quantitative estimate of drug-likeness (QED) is 0.120. The van der Waals surface area contributed by atoms with Gasteiger partial charge in [0, 0.05) is 120 Å². The third kappa shape index (κ3) is 16.6. The summed E-state index contributed by atoms with van der Waals surface area (Å²) in [4.78, 5) is 134. The number of nitrogens with zero attached hydrogens (tertiary/aromatic N) is 10. The van der Waals surface area contributed by atoms with Crippen molar-refractivity contribution >= 4 is 127 Å². The minimum absolute atomic E-state index is 0. The third-order valence-corrected chi connectivity index (χ3v) is 21.0. The number of furan rings is 3. The van der Waals surface area contributed by atoms with Crippen LogP contribution >= 0.6 is 34.8 Å². The largest absolute Gasteiger partial charge is 0.478 e. The first kappa shape index (κ1) is 82.6. The molecule has 0 aliphatic carbocycles. The highest BCUT2D eigenvalue weighted by atomic mass is 35.5. The highest BCUT2D eigenvalue weighted by Crippen LogP contribution is 2.41. The molecular formula is C86H92Cl3N11O13. The summed E-state index contributed by atoms with van der Waals surface area (Å²) in [7, 11) is 1.29. The number of nitrogens with one attached hydrogen (secondary N) is 1. The molecule has 8 aromatic heterocycles. The molecule has 590 valence electrons. The van der Waals surface area contributed by atoms with Crippen molar-refractivity contribution in [2.45, 2.75) is 144 Å². The van der Waals surface area contributed by atoms with Crippen molar-refractivity contribution in [3.8, 4) is 33.8 Å². The smallest absolute Gasteiger partial charge is 0.339 e. The van der Waals surface area contributed by atoms with E-state index in [0.717, 1.165) is 50.5 Å². The van der Waals surface area contributed by atoms with Gasteiger partial charge in [0.1, 0.15) is 44.8 Å². The number of carboxylic acids is 1. The molecule has 11 aromatic rings. The Balaban J connectivity index is 0.000000181. The lowest BCUT2D eigenvalue weighted by molar-refractivity contribution is -0.133. The molecule has 0 radical (unpaired) electrons. The highest BCUT2D eigenvalue weighted by molar-refractivity contribution is 6.31. The Labute approximate surface area is 671 Å². The van der Waals surface area contributed by atoms with Crippen molar-refractivity contribution in [3.63, 3.8) is 0 Å². The van der Waals surface area contributed by atoms with E-state index in [9.17, 15) is 38.4 Å². The summed E-state index contributed by atoms with van der Waals surface area (Å²) >= 11 is 18.2. The molecule has 24 nitrogen and oxygen atoms in total. The number of pyridine rings is 5. The number of piperazine rings is 3. The number of anilines is 2. The number of esters is 1. The van der Waals surface area contributed by atoms with Crippen LogP contribution in [0.4, 0.5) is 11.6 Å². The van der Waals surface area contributed by atoms with Crippen molar-refractivity contribution in [2.75, 3.05) is 56.2 Å². The number of benzene rings is 3. The zero-order chi connectivity index (χ0) is 81.2. The maximum atomic E-state index is 13.8. The summed E-state index contributed by atoms with van der Waals surface area (Å²) in [6.07, 6.45) is 2.58. The first-order valence-corrected chi connectivity index (χ1v) is 37.4. The molecule has 0 saturated carbocycles. The molecule has 113 heavy (non-hydrogen) atoms. The molecule has 11 heterocycles. The summed E-state index contributed by atoms with van der Waals surface area (Å²) in [6.45, 7) is 30.6. The van der Waals surface area contributed by atoms with Gasteiger partial charge in [0.25, 0.3) is 29.5 Å². The molecule has 0 atom stereocenters. The fourth-order valence-corrected chi connectivity index (χ4v) is 14.0. The SMILES string of the molecule is C.CC(C)(C)c1cc(-c2ccc(Cl)cc2)nc2cc(C(=O)N3CCN(c4ccc(C(=O)O)cn4)C(=O)C3(C)C)oc12.CC(C)(C)c1cc(-c2ccc(Cl)cc2)nc2cc(C(=O)N3CCNC(=O)C3(C)C)oc12.COC(=O)c1ccc(N2CCN(C(=O)c3cc4nc(-c5ccc(Cl)cc5)cc(C(C)(C)C)c4o3)C(C)(C)C2=O)nc1.[HH]. The van der Waals surface area contributed by atoms with Crippen molar-refractivity contribution < 1.29 is 62.9 Å². The minimum Gasteiger partial charge on any atom is -0.478 e. The molecule has 3 fully saturated rings. The Morgan fingerprint density at radius 3 is 1.07 bits per heavy atom. The topological polar surface area (TPSA) is 298 Å². The summed E-state index contributed by atoms with van der Waals surface area (Å²) in [5, 5.41) is 13.9. The zero-order valence-electron chi connectivity index (χ0n) is 65.1. The fraction of sp³-hybridized carbons (Fsp3) is 0.337. The molecule has 6 amide bonds. The van der Waals surface area contributed by atoms with E-state index in [4.69, 9.17) is 72.8 Å². The van der Waals surface area contributed by atoms with Crippen LogP contribution in [-0.2, 0) is 35.4 Å². The molecule has 3 aliphatic heterocycles. The van der Waals surface area contributed by atoms with Gasteiger partial charge in [-0.2, -0.15) is 0 Å². The number of hydrogen-bond acceptors (Lipinski definition) is 17. The molecule has 3 aromatic carbocycles. The van der Waals surface area contributed by atoms with Gasteiger partial charge in [0.05, 0.1) is 35.3 Å². The van der Waals surface area contributed by atoms with E-state index in [1.165, 1.54) is 51.2 Å². The van der Waals surface area contributed by atoms with Crippen LogP contribution in [0.1, 0.15) is 182 Å². The van der Waals surface area contributed by atoms with Crippen LogP contribution in [0.2, 0.25) is 15.1 Å². The van der Waals surface area contributed by atoms with E-state index in [1.807, 2.05) is 78.9 Å². The first-order chi connectivity index (χ1) is 52.6. The molecule has 0 bridgehead atoms. The second-order valence-electron chi connectivity index (χ2n) is 32.2. The number of hydrogen-bond donors (Lipinski definition) is 2. The molecule has 27 heteroatoms. The number of carbonyl (C=O) groups excluding carboxylic acids is 7. The second-order valence-corrected chi connectivity index (χ2v) is 33.5. The standard InChI is InChI=1S/C31H31ClN4O5.C30H29ClN4O5.C24H26ClN3O3.CH4.H2/c1-30(2,3)21-15-22(18-7-10-20(32)11-8-18)34-23-16-24(41-26(21)23)27(37)36-14-13-35(29(39)31(36,4)5)25-12-9-19(17-33-25)28(38)40-6;1-29(2,3)20-14-21(17-6-9-19(31)10-7-17)33-22-15-23(40-25(20)22)26(36)35-13-12-34(28(39)30(35,4)5)24-11-8-18(16-32-24)27(37)38;1-23(2,3)16-12-17(14-6-8-15(25)9-7-14)27-18-13-19(31-20(16)18)21(29)28-11-10-26-22(30)24(28,4)5;;/h7-12,15-17H,13-14H2,1-6H3;6-11,14-16H,12-13H2,1-5H3,(H,37,38);6-9,12-13H,10-11H2,1-5H3,(H,26,30);1H4;1H. The van der Waals surface area contributed by atoms with Gasteiger partial charge in [-0.15, -0.1) is 0 Å². The number of ether oxygens (including phenoxy) is 1. The second kappa shape index (κ2) is 31.3. The van der Waals surface area contributed by atoms with Crippen LogP contribution in [0.15, 0.2) is 159 Å². The van der Waals surface area contributed by atoms with E-state index in [1.54, 1.807) is 88.9 Å². The predicted molar refractivity (Wildman–Crippen MR) is 438 cm³/mol. The normalized spacial score (nSPS) is 15.6. The number of halogens is 3. The van der Waals surface area contributed by atoms with Crippen LogP contribution in [0.3, 0.4) is 0 Å². The number of fused-ring (bicyclic) bond motifs is 3. The lowest BCUT2D eigenvalue weighted by Gasteiger charge is -2.45. The van der Waals surface area contributed by atoms with E-state index in [0.29, 0.717) is 73.1 Å². The van der Waals surface area contributed by atoms with Crippen LogP contribution in [0.5, 0.6) is 0 Å². The van der Waals surface area contributed by atoms with E-state index in [-0.39, 0.29) is 103 Å². The highest BCUT2D eigenvalue weighted by Gasteiger charge is 2.49. The monoisotopic (exact) mass is 1590 g/mol. The molecule has 3 saturated heterocycles. The third-order valence-electron chi connectivity index (χ3n) is 20.2. The van der Waals surface area contributed by atoms with Crippen LogP contribution in [0.25, 0.3) is 67.1 Å². The summed E-state index contributed by atoms with van der Waals surface area (Å²) in [5.41, 5.74) is 7.24. The molecule has 0 unspecified atom stereocenters. The van der Waals surface area contributed by atoms with Crippen molar-refractivity contribution in [1.29, 1.82) is 0 Å². The average Bonchev–Trinajstić information content (AvgIpc) is 1.62. The van der Waals surface area contributed by atoms with E-state index in [2.05, 4.69) is 77.6 Å². The summed E-state index contributed by atoms with van der Waals surface area (Å²) in [6, 6.07) is 39.3. The molecule has 14 rings (SSSR count). The Morgan fingerprint density at radius 1 is 0.460 bits per heavy atom. The number of methoxy groups -OCH3 is 1. The maximum Gasteiger partial charge on any atom is 0.339 e. The number of amides is 6. The Hall–Kier alpha value is -11.3. The number of carboxylic acid groups (broad SMARTS) is 1. The molecule has 2 N–H and O–H groups in total. The molecule has 3 aliphatic rings. The Bertz CT molecular complexity index is 5550. The van der Waals surface area contributed by atoms with Gasteiger partial charge >= 0.3 is 11.9 Å². The number of rotatable bonds is 10. The lowest BCUT2D eigenvalue weighted by atomic mass is 9.86.